The quantitative estimate of drug-likeness (QED) is 0.476. The van der Waals surface area contributed by atoms with Crippen LogP contribution in [0.15, 0.2) is 18.6 Å². The third-order valence-electron chi connectivity index (χ3n) is 1.12. The van der Waals surface area contributed by atoms with Gasteiger partial charge in [-0.15, -0.1) is 11.6 Å². The maximum Gasteiger partial charge on any atom is 0.147 e. The van der Waals surface area contributed by atoms with Crippen LogP contribution in [0.2, 0.25) is 0 Å². The molecular weight excluding hydrogens is 150 g/mol. The third-order valence-corrected chi connectivity index (χ3v) is 1.48. The van der Waals surface area contributed by atoms with Crippen molar-refractivity contribution in [1.82, 2.24) is 9.97 Å². The highest BCUT2D eigenvalue weighted by Gasteiger charge is 1.96. The summed E-state index contributed by atoms with van der Waals surface area (Å²) in [6.45, 7) is 0. The Bertz CT molecular complexity index is 189. The van der Waals surface area contributed by atoms with E-state index in [4.69, 9.17) is 11.6 Å². The molecule has 0 unspecified atom stereocenters. The number of nitrogens with zero attached hydrogens (tertiary/aromatic N) is 3. The molecule has 0 atom stereocenters. The molecule has 0 radical (unpaired) electrons. The number of alkyl halides is 1. The van der Waals surface area contributed by atoms with E-state index < -0.39 is 0 Å². The van der Waals surface area contributed by atoms with Gasteiger partial charge in [-0.05, 0) is 0 Å². The van der Waals surface area contributed by atoms with Crippen LogP contribution < -0.4 is 4.90 Å². The molecule has 0 aromatic carbocycles. The van der Waals surface area contributed by atoms with E-state index >= 15 is 0 Å². The highest BCUT2D eigenvalue weighted by molar-refractivity contribution is 6.18. The minimum absolute atomic E-state index is 0.429. The summed E-state index contributed by atoms with van der Waals surface area (Å²) < 4.78 is 0. The highest BCUT2D eigenvalue weighted by Crippen LogP contribution is 2.03. The second-order valence-electron chi connectivity index (χ2n) is 1.88. The van der Waals surface area contributed by atoms with E-state index in [1.807, 2.05) is 7.05 Å². The molecule has 4 heteroatoms. The summed E-state index contributed by atoms with van der Waals surface area (Å²) in [4.78, 5) is 9.72. The van der Waals surface area contributed by atoms with Crippen LogP contribution in [-0.2, 0) is 0 Å². The number of hydrogen-bond donors (Lipinski definition) is 0. The second kappa shape index (κ2) is 3.37. The third kappa shape index (κ3) is 1.57. The van der Waals surface area contributed by atoms with Crippen LogP contribution in [0.1, 0.15) is 0 Å². The van der Waals surface area contributed by atoms with Gasteiger partial charge in [0.25, 0.3) is 0 Å². The molecule has 0 bridgehead atoms. The molecule has 0 aliphatic rings. The zero-order valence-electron chi connectivity index (χ0n) is 5.66. The lowest BCUT2D eigenvalue weighted by Gasteiger charge is -2.11. The molecule has 0 amide bonds. The van der Waals surface area contributed by atoms with Crippen LogP contribution >= 0.6 is 11.6 Å². The van der Waals surface area contributed by atoms with Crippen LogP contribution in [0.5, 0.6) is 0 Å². The molecule has 1 aromatic rings. The molecule has 0 saturated carbocycles. The summed E-state index contributed by atoms with van der Waals surface area (Å²) in [6.07, 6.45) is 4.94. The Kier molecular flexibility index (Phi) is 2.45. The van der Waals surface area contributed by atoms with Crippen molar-refractivity contribution in [3.63, 3.8) is 0 Å². The molecular formula is C6H8ClN3. The minimum atomic E-state index is 0.429. The molecule has 0 spiro atoms. The van der Waals surface area contributed by atoms with Gasteiger partial charge >= 0.3 is 0 Å². The highest BCUT2D eigenvalue weighted by atomic mass is 35.5. The number of aromatic nitrogens is 2. The predicted molar refractivity (Wildman–Crippen MR) is 41.2 cm³/mol. The normalized spacial score (nSPS) is 9.40. The summed E-state index contributed by atoms with van der Waals surface area (Å²) in [5, 5.41) is 0. The van der Waals surface area contributed by atoms with Gasteiger partial charge in [0, 0.05) is 19.4 Å². The van der Waals surface area contributed by atoms with Crippen molar-refractivity contribution in [2.45, 2.75) is 0 Å². The zero-order valence-corrected chi connectivity index (χ0v) is 6.41. The van der Waals surface area contributed by atoms with Gasteiger partial charge in [0.05, 0.1) is 12.2 Å². The second-order valence-corrected chi connectivity index (χ2v) is 2.12. The summed E-state index contributed by atoms with van der Waals surface area (Å²) in [5.74, 6) is 0.789. The Morgan fingerprint density at radius 1 is 1.60 bits per heavy atom. The van der Waals surface area contributed by atoms with Crippen molar-refractivity contribution >= 4 is 17.4 Å². The predicted octanol–water partition coefficient (Wildman–Crippen LogP) is 1.11. The first-order chi connectivity index (χ1) is 4.84. The Hall–Kier alpha value is -0.830. The molecule has 0 N–H and O–H groups in total. The number of rotatable bonds is 2. The largest absolute Gasteiger partial charge is 0.345 e. The molecule has 1 aromatic heterocycles. The average Bonchev–Trinajstić information content (AvgIpc) is 2.05. The maximum absolute atomic E-state index is 5.54. The smallest absolute Gasteiger partial charge is 0.147 e. The van der Waals surface area contributed by atoms with E-state index in [-0.39, 0.29) is 0 Å². The summed E-state index contributed by atoms with van der Waals surface area (Å²) in [5.41, 5.74) is 0. The molecule has 1 heterocycles. The number of halogens is 1. The fraction of sp³-hybridized carbons (Fsp3) is 0.333. The first-order valence-electron chi connectivity index (χ1n) is 2.87. The van der Waals surface area contributed by atoms with Crippen LogP contribution in [0, 0.1) is 0 Å². The summed E-state index contributed by atoms with van der Waals surface area (Å²) >= 11 is 5.54. The Morgan fingerprint density at radius 3 is 2.90 bits per heavy atom. The monoisotopic (exact) mass is 157 g/mol. The van der Waals surface area contributed by atoms with Crippen LogP contribution in [0.25, 0.3) is 0 Å². The van der Waals surface area contributed by atoms with Gasteiger partial charge in [-0.3, -0.25) is 4.98 Å². The van der Waals surface area contributed by atoms with E-state index in [0.29, 0.717) is 6.00 Å². The van der Waals surface area contributed by atoms with Crippen LogP contribution in [0.3, 0.4) is 0 Å². The topological polar surface area (TPSA) is 29.0 Å². The standard InChI is InChI=1S/C6H8ClN3/c1-10(5-7)6-4-8-2-3-9-6/h2-4H,5H2,1H3. The maximum atomic E-state index is 5.54. The van der Waals surface area contributed by atoms with E-state index in [9.17, 15) is 0 Å². The summed E-state index contributed by atoms with van der Waals surface area (Å²) in [6, 6.07) is 0.429. The van der Waals surface area contributed by atoms with E-state index in [1.54, 1.807) is 23.5 Å². The van der Waals surface area contributed by atoms with Crippen LogP contribution in [-0.4, -0.2) is 23.0 Å². The minimum Gasteiger partial charge on any atom is -0.345 e. The summed E-state index contributed by atoms with van der Waals surface area (Å²) in [7, 11) is 1.86. The van der Waals surface area contributed by atoms with Gasteiger partial charge in [-0.25, -0.2) is 4.98 Å². The lowest BCUT2D eigenvalue weighted by molar-refractivity contribution is 1.01. The van der Waals surface area contributed by atoms with Crippen LogP contribution in [0.4, 0.5) is 5.82 Å². The molecule has 1 rings (SSSR count). The molecule has 0 fully saturated rings. The first-order valence-corrected chi connectivity index (χ1v) is 3.41. The van der Waals surface area contributed by atoms with Gasteiger partial charge in [0.15, 0.2) is 0 Å². The van der Waals surface area contributed by atoms with Crippen molar-refractivity contribution in [1.29, 1.82) is 0 Å². The van der Waals surface area contributed by atoms with E-state index in [1.165, 1.54) is 0 Å². The molecule has 0 saturated heterocycles. The number of anilines is 1. The first kappa shape index (κ1) is 7.28. The fourth-order valence-corrected chi connectivity index (χ4v) is 0.672. The van der Waals surface area contributed by atoms with E-state index in [0.717, 1.165) is 5.82 Å². The Balaban J connectivity index is 2.75. The molecule has 10 heavy (non-hydrogen) atoms. The van der Waals surface area contributed by atoms with E-state index in [2.05, 4.69) is 9.97 Å². The van der Waals surface area contributed by atoms with Crippen molar-refractivity contribution in [3.05, 3.63) is 18.6 Å². The lowest BCUT2D eigenvalue weighted by Crippen LogP contribution is -2.15. The van der Waals surface area contributed by atoms with Gasteiger partial charge in [0.1, 0.15) is 5.82 Å². The molecule has 0 aliphatic heterocycles. The number of hydrogen-bond acceptors (Lipinski definition) is 3. The Morgan fingerprint density at radius 2 is 2.40 bits per heavy atom. The molecule has 3 nitrogen and oxygen atoms in total. The van der Waals surface area contributed by atoms with Gasteiger partial charge < -0.3 is 4.90 Å². The fourth-order valence-electron chi connectivity index (χ4n) is 0.550. The lowest BCUT2D eigenvalue weighted by atomic mass is 10.6. The van der Waals surface area contributed by atoms with Crippen molar-refractivity contribution in [2.24, 2.45) is 0 Å². The zero-order chi connectivity index (χ0) is 7.40. The SMILES string of the molecule is CN(CCl)c1cnccn1. The molecule has 54 valence electrons. The van der Waals surface area contributed by atoms with Gasteiger partial charge in [-0.2, -0.15) is 0 Å². The Labute approximate surface area is 64.7 Å². The van der Waals surface area contributed by atoms with Crippen molar-refractivity contribution in [2.75, 3.05) is 18.0 Å². The average molecular weight is 158 g/mol. The van der Waals surface area contributed by atoms with Crippen molar-refractivity contribution in [3.8, 4) is 0 Å². The van der Waals surface area contributed by atoms with Gasteiger partial charge in [-0.1, -0.05) is 0 Å². The van der Waals surface area contributed by atoms with Crippen molar-refractivity contribution < 1.29 is 0 Å². The molecule has 0 aliphatic carbocycles. The van der Waals surface area contributed by atoms with Gasteiger partial charge in [0.2, 0.25) is 0 Å².